The van der Waals surface area contributed by atoms with Crippen molar-refractivity contribution in [2.45, 2.75) is 32.2 Å². The van der Waals surface area contributed by atoms with Crippen LogP contribution in [0.5, 0.6) is 0 Å². The van der Waals surface area contributed by atoms with E-state index >= 15 is 0 Å². The number of allylic oxidation sites excluding steroid dienone is 1. The molecule has 1 aliphatic rings. The van der Waals surface area contributed by atoms with Crippen LogP contribution in [0.25, 0.3) is 11.6 Å². The van der Waals surface area contributed by atoms with Crippen LogP contribution in [-0.2, 0) is 13.0 Å². The summed E-state index contributed by atoms with van der Waals surface area (Å²) in [5.74, 6) is 1.27. The van der Waals surface area contributed by atoms with Crippen molar-refractivity contribution in [2.75, 3.05) is 0 Å². The van der Waals surface area contributed by atoms with Gasteiger partial charge >= 0.3 is 0 Å². The van der Waals surface area contributed by atoms with E-state index in [1.165, 1.54) is 18.6 Å². The number of nitriles is 1. The van der Waals surface area contributed by atoms with E-state index in [-0.39, 0.29) is 5.82 Å². The van der Waals surface area contributed by atoms with E-state index in [4.69, 9.17) is 0 Å². The second kappa shape index (κ2) is 5.88. The summed E-state index contributed by atoms with van der Waals surface area (Å²) < 4.78 is 15.0. The number of nitrogens with zero attached hydrogens (tertiary/aromatic N) is 4. The highest BCUT2D eigenvalue weighted by atomic mass is 19.1. The quantitative estimate of drug-likeness (QED) is 0.795. The predicted octanol–water partition coefficient (Wildman–Crippen LogP) is 3.21. The number of hydrogen-bond donors (Lipinski definition) is 0. The van der Waals surface area contributed by atoms with E-state index in [0.717, 1.165) is 37.2 Å². The molecule has 0 spiro atoms. The fraction of sp³-hybridized carbons (Fsp3) is 0.312. The minimum Gasteiger partial charge on any atom is -0.310 e. The summed E-state index contributed by atoms with van der Waals surface area (Å²) in [7, 11) is 0. The van der Waals surface area contributed by atoms with Gasteiger partial charge in [0.1, 0.15) is 17.7 Å². The van der Waals surface area contributed by atoms with Crippen molar-refractivity contribution in [1.82, 2.24) is 14.8 Å². The van der Waals surface area contributed by atoms with Crippen LogP contribution >= 0.6 is 0 Å². The van der Waals surface area contributed by atoms with Gasteiger partial charge in [0, 0.05) is 13.0 Å². The normalized spacial score (nSPS) is 15.1. The summed E-state index contributed by atoms with van der Waals surface area (Å²) in [6.07, 6.45) is 5.99. The van der Waals surface area contributed by atoms with Crippen LogP contribution < -0.4 is 0 Å². The molecule has 0 N–H and O–H groups in total. The molecule has 0 amide bonds. The van der Waals surface area contributed by atoms with E-state index in [2.05, 4.69) is 16.3 Å². The average Bonchev–Trinajstić information content (AvgIpc) is 2.75. The van der Waals surface area contributed by atoms with Crippen molar-refractivity contribution in [2.24, 2.45) is 0 Å². The van der Waals surface area contributed by atoms with Crippen molar-refractivity contribution < 1.29 is 4.39 Å². The average molecular weight is 282 g/mol. The summed E-state index contributed by atoms with van der Waals surface area (Å²) in [5.41, 5.74) is 1.24. The van der Waals surface area contributed by atoms with Crippen LogP contribution in [0.4, 0.5) is 4.39 Å². The SMILES string of the molecule is N#C/C(=C\c1ccc(F)cc1)c1nnc2n1CCCCC2. The number of aryl methyl sites for hydroxylation is 1. The first-order valence-electron chi connectivity index (χ1n) is 7.08. The summed E-state index contributed by atoms with van der Waals surface area (Å²) in [6, 6.07) is 8.23. The van der Waals surface area contributed by atoms with Crippen LogP contribution in [0.1, 0.15) is 36.5 Å². The third-order valence-electron chi connectivity index (χ3n) is 3.65. The fourth-order valence-corrected chi connectivity index (χ4v) is 2.56. The molecule has 106 valence electrons. The zero-order valence-electron chi connectivity index (χ0n) is 11.6. The summed E-state index contributed by atoms with van der Waals surface area (Å²) >= 11 is 0. The van der Waals surface area contributed by atoms with Crippen molar-refractivity contribution in [1.29, 1.82) is 5.26 Å². The minimum absolute atomic E-state index is 0.290. The Morgan fingerprint density at radius 2 is 2.00 bits per heavy atom. The Morgan fingerprint density at radius 1 is 1.19 bits per heavy atom. The van der Waals surface area contributed by atoms with Gasteiger partial charge in [-0.05, 0) is 36.6 Å². The van der Waals surface area contributed by atoms with Gasteiger partial charge in [-0.1, -0.05) is 18.6 Å². The molecular formula is C16H15FN4. The van der Waals surface area contributed by atoms with Crippen LogP contribution in [0.15, 0.2) is 24.3 Å². The van der Waals surface area contributed by atoms with Crippen LogP contribution in [0, 0.1) is 17.1 Å². The lowest BCUT2D eigenvalue weighted by molar-refractivity contribution is 0.627. The molecule has 5 heteroatoms. The smallest absolute Gasteiger partial charge is 0.174 e. The summed E-state index contributed by atoms with van der Waals surface area (Å²) in [6.45, 7) is 0.847. The van der Waals surface area contributed by atoms with Crippen LogP contribution in [0.2, 0.25) is 0 Å². The molecule has 3 rings (SSSR count). The molecule has 0 bridgehead atoms. The molecule has 2 heterocycles. The van der Waals surface area contributed by atoms with Crippen molar-refractivity contribution in [3.05, 3.63) is 47.3 Å². The monoisotopic (exact) mass is 282 g/mol. The van der Waals surface area contributed by atoms with Gasteiger partial charge in [0.15, 0.2) is 5.82 Å². The molecule has 21 heavy (non-hydrogen) atoms. The Hall–Kier alpha value is -2.48. The third kappa shape index (κ3) is 2.84. The van der Waals surface area contributed by atoms with Gasteiger partial charge in [-0.25, -0.2) is 4.39 Å². The number of hydrogen-bond acceptors (Lipinski definition) is 3. The second-order valence-corrected chi connectivity index (χ2v) is 5.12. The maximum atomic E-state index is 12.9. The molecule has 0 fully saturated rings. The van der Waals surface area contributed by atoms with Gasteiger partial charge < -0.3 is 4.57 Å². The Bertz CT molecular complexity index is 707. The van der Waals surface area contributed by atoms with E-state index in [0.29, 0.717) is 11.4 Å². The molecular weight excluding hydrogens is 267 g/mol. The third-order valence-corrected chi connectivity index (χ3v) is 3.65. The first-order chi connectivity index (χ1) is 10.3. The van der Waals surface area contributed by atoms with Crippen molar-refractivity contribution in [3.8, 4) is 6.07 Å². The Kier molecular flexibility index (Phi) is 3.78. The molecule has 0 unspecified atom stereocenters. The largest absolute Gasteiger partial charge is 0.310 e. The molecule has 0 aliphatic carbocycles. The van der Waals surface area contributed by atoms with E-state index in [1.54, 1.807) is 18.2 Å². The number of rotatable bonds is 2. The molecule has 0 saturated carbocycles. The zero-order valence-corrected chi connectivity index (χ0v) is 11.6. The van der Waals surface area contributed by atoms with E-state index < -0.39 is 0 Å². The van der Waals surface area contributed by atoms with Gasteiger partial charge in [-0.3, -0.25) is 0 Å². The molecule has 1 aliphatic heterocycles. The first kappa shape index (κ1) is 13.5. The standard InChI is InChI=1S/C16H15FN4/c17-14-7-5-12(6-8-14)10-13(11-18)16-20-19-15-4-2-1-3-9-21(15)16/h5-8,10H,1-4,9H2/b13-10+. The number of halogens is 1. The molecule has 0 radical (unpaired) electrons. The summed E-state index contributed by atoms with van der Waals surface area (Å²) in [4.78, 5) is 0. The van der Waals surface area contributed by atoms with Gasteiger partial charge in [0.05, 0.1) is 5.57 Å². The van der Waals surface area contributed by atoms with Crippen molar-refractivity contribution in [3.63, 3.8) is 0 Å². The van der Waals surface area contributed by atoms with Crippen LogP contribution in [-0.4, -0.2) is 14.8 Å². The van der Waals surface area contributed by atoms with Gasteiger partial charge in [0.25, 0.3) is 0 Å². The van der Waals surface area contributed by atoms with Gasteiger partial charge in [0.2, 0.25) is 0 Å². The van der Waals surface area contributed by atoms with Gasteiger partial charge in [-0.2, -0.15) is 5.26 Å². The van der Waals surface area contributed by atoms with E-state index in [9.17, 15) is 9.65 Å². The fourth-order valence-electron chi connectivity index (χ4n) is 2.56. The Labute approximate surface area is 122 Å². The highest BCUT2D eigenvalue weighted by Crippen LogP contribution is 2.21. The highest BCUT2D eigenvalue weighted by molar-refractivity contribution is 5.87. The zero-order chi connectivity index (χ0) is 14.7. The van der Waals surface area contributed by atoms with Crippen molar-refractivity contribution >= 4 is 11.6 Å². The van der Waals surface area contributed by atoms with Crippen LogP contribution in [0.3, 0.4) is 0 Å². The maximum absolute atomic E-state index is 12.9. The minimum atomic E-state index is -0.290. The molecule has 2 aromatic rings. The van der Waals surface area contributed by atoms with Gasteiger partial charge in [-0.15, -0.1) is 10.2 Å². The molecule has 1 aromatic heterocycles. The predicted molar refractivity (Wildman–Crippen MR) is 77.5 cm³/mol. The number of aromatic nitrogens is 3. The maximum Gasteiger partial charge on any atom is 0.174 e. The number of fused-ring (bicyclic) bond motifs is 1. The first-order valence-corrected chi connectivity index (χ1v) is 7.08. The molecule has 4 nitrogen and oxygen atoms in total. The second-order valence-electron chi connectivity index (χ2n) is 5.12. The number of benzene rings is 1. The lowest BCUT2D eigenvalue weighted by Crippen LogP contribution is -2.05. The topological polar surface area (TPSA) is 54.5 Å². The lowest BCUT2D eigenvalue weighted by atomic mass is 10.1. The molecule has 0 saturated heterocycles. The lowest BCUT2D eigenvalue weighted by Gasteiger charge is -2.05. The highest BCUT2D eigenvalue weighted by Gasteiger charge is 2.17. The molecule has 1 aromatic carbocycles. The summed E-state index contributed by atoms with van der Waals surface area (Å²) in [5, 5.41) is 17.8. The molecule has 0 atom stereocenters. The Balaban J connectivity index is 1.99. The Morgan fingerprint density at radius 3 is 2.76 bits per heavy atom. The van der Waals surface area contributed by atoms with E-state index in [1.807, 2.05) is 4.57 Å².